The quantitative estimate of drug-likeness (QED) is 0.247. The number of hydrogen-bond acceptors (Lipinski definition) is 9. The van der Waals surface area contributed by atoms with Gasteiger partial charge in [0.25, 0.3) is 5.91 Å². The van der Waals surface area contributed by atoms with Crippen LogP contribution in [-0.4, -0.2) is 100 Å². The van der Waals surface area contributed by atoms with Crippen molar-refractivity contribution < 1.29 is 42.1 Å². The summed E-state index contributed by atoms with van der Waals surface area (Å²) in [5.41, 5.74) is 1.13. The number of ether oxygens (including phenoxy) is 4. The summed E-state index contributed by atoms with van der Waals surface area (Å²) in [6, 6.07) is 16.8. The third-order valence-corrected chi connectivity index (χ3v) is 10.7. The summed E-state index contributed by atoms with van der Waals surface area (Å²) in [6.45, 7) is 5.82. The van der Waals surface area contributed by atoms with Crippen molar-refractivity contribution in [1.29, 1.82) is 0 Å². The van der Waals surface area contributed by atoms with Gasteiger partial charge in [0.05, 0.1) is 49.5 Å². The lowest BCUT2D eigenvalue weighted by atomic mass is 10.0. The largest absolute Gasteiger partial charge is 0.497 e. The first-order chi connectivity index (χ1) is 24.4. The van der Waals surface area contributed by atoms with E-state index in [1.165, 1.54) is 30.6 Å². The van der Waals surface area contributed by atoms with Crippen LogP contribution in [0.5, 0.6) is 17.2 Å². The minimum absolute atomic E-state index is 0.0402. The number of rotatable bonds is 10. The standard InChI is InChI=1S/C37H50N4O9S/c1-25-22-41(26(2)24-42)36(43)33-21-29(39-37(44)38-28-10-13-30(47-5)14-11-28)12-19-34(33)50-27(3)9-7-8-20-49-35(25)23-40(4)51(45,46)32-17-15-31(48-6)16-18-32/h10-19,21,25-27,35,42H,7-9,20,22-24H2,1-6H3,(H2,38,39,44)/t25-,26+,27+,35-/m1/s1. The van der Waals surface area contributed by atoms with Gasteiger partial charge in [-0.3, -0.25) is 4.79 Å². The van der Waals surface area contributed by atoms with Gasteiger partial charge in [-0.1, -0.05) is 6.92 Å². The van der Waals surface area contributed by atoms with E-state index in [0.717, 1.165) is 12.8 Å². The number of fused-ring (bicyclic) bond motifs is 1. The van der Waals surface area contributed by atoms with Crippen molar-refractivity contribution in [2.24, 2.45) is 5.92 Å². The number of carbonyl (C=O) groups excluding carboxylic acids is 2. The van der Waals surface area contributed by atoms with Crippen LogP contribution in [0.1, 0.15) is 50.4 Å². The number of hydrogen-bond donors (Lipinski definition) is 3. The first-order valence-electron chi connectivity index (χ1n) is 17.0. The van der Waals surface area contributed by atoms with Gasteiger partial charge in [-0.25, -0.2) is 13.2 Å². The van der Waals surface area contributed by atoms with Gasteiger partial charge in [0, 0.05) is 44.0 Å². The van der Waals surface area contributed by atoms with E-state index in [1.54, 1.807) is 73.5 Å². The molecule has 0 fully saturated rings. The summed E-state index contributed by atoms with van der Waals surface area (Å²) in [5.74, 6) is 0.786. The third-order valence-electron chi connectivity index (χ3n) is 8.86. The molecule has 0 saturated heterocycles. The van der Waals surface area contributed by atoms with Gasteiger partial charge in [-0.2, -0.15) is 4.31 Å². The molecule has 3 aromatic carbocycles. The summed E-state index contributed by atoms with van der Waals surface area (Å²) in [5, 5.41) is 15.8. The van der Waals surface area contributed by atoms with E-state index in [1.807, 2.05) is 13.8 Å². The van der Waals surface area contributed by atoms with Crippen molar-refractivity contribution in [3.8, 4) is 17.2 Å². The van der Waals surface area contributed by atoms with Crippen LogP contribution in [-0.2, 0) is 14.8 Å². The number of aliphatic hydroxyl groups excluding tert-OH is 1. The van der Waals surface area contributed by atoms with Crippen molar-refractivity contribution in [2.75, 3.05) is 58.2 Å². The fourth-order valence-electron chi connectivity index (χ4n) is 5.71. The van der Waals surface area contributed by atoms with E-state index in [2.05, 4.69) is 10.6 Å². The van der Waals surface area contributed by atoms with E-state index < -0.39 is 34.1 Å². The van der Waals surface area contributed by atoms with Crippen molar-refractivity contribution in [1.82, 2.24) is 9.21 Å². The first-order valence-corrected chi connectivity index (χ1v) is 18.5. The van der Waals surface area contributed by atoms with Crippen molar-refractivity contribution in [3.05, 3.63) is 72.3 Å². The number of aliphatic hydroxyl groups is 1. The van der Waals surface area contributed by atoms with Crippen molar-refractivity contribution in [2.45, 2.75) is 63.2 Å². The molecule has 3 amide bonds. The van der Waals surface area contributed by atoms with Crippen LogP contribution in [0.25, 0.3) is 0 Å². The predicted molar refractivity (Wildman–Crippen MR) is 195 cm³/mol. The molecule has 51 heavy (non-hydrogen) atoms. The van der Waals surface area contributed by atoms with Gasteiger partial charge in [0.2, 0.25) is 10.0 Å². The van der Waals surface area contributed by atoms with Crippen LogP contribution in [0, 0.1) is 5.92 Å². The van der Waals surface area contributed by atoms with Crippen LogP contribution < -0.4 is 24.8 Å². The molecule has 0 aromatic heterocycles. The Bertz CT molecular complexity index is 1700. The molecule has 1 aliphatic heterocycles. The lowest BCUT2D eigenvalue weighted by molar-refractivity contribution is -0.00834. The Morgan fingerprint density at radius 1 is 0.980 bits per heavy atom. The van der Waals surface area contributed by atoms with E-state index in [0.29, 0.717) is 41.7 Å². The van der Waals surface area contributed by atoms with Crippen LogP contribution in [0.3, 0.4) is 0 Å². The Labute approximate surface area is 300 Å². The molecule has 0 spiro atoms. The molecular formula is C37H50N4O9S. The van der Waals surface area contributed by atoms with Gasteiger partial charge < -0.3 is 39.6 Å². The molecule has 3 N–H and O–H groups in total. The van der Waals surface area contributed by atoms with E-state index in [-0.39, 0.29) is 42.2 Å². The number of urea groups is 1. The summed E-state index contributed by atoms with van der Waals surface area (Å²) in [6.07, 6.45) is 1.38. The van der Waals surface area contributed by atoms with Crippen molar-refractivity contribution in [3.63, 3.8) is 0 Å². The summed E-state index contributed by atoms with van der Waals surface area (Å²) < 4.78 is 51.3. The number of methoxy groups -OCH3 is 2. The van der Waals surface area contributed by atoms with Crippen LogP contribution in [0.4, 0.5) is 16.2 Å². The molecule has 4 atom stereocenters. The SMILES string of the molecule is COc1ccc(NC(=O)Nc2ccc3c(c2)C(=O)N([C@@H](C)CO)C[C@@H](C)[C@@H](CN(C)S(=O)(=O)c2ccc(OC)cc2)OCCCC[C@H](C)O3)cc1. The maximum atomic E-state index is 14.4. The summed E-state index contributed by atoms with van der Waals surface area (Å²) in [4.78, 5) is 29.0. The van der Waals surface area contributed by atoms with Gasteiger partial charge in [-0.05, 0) is 99.8 Å². The fraction of sp³-hybridized carbons (Fsp3) is 0.459. The average Bonchev–Trinajstić information content (AvgIpc) is 3.12. The number of carbonyl (C=O) groups is 2. The average molecular weight is 727 g/mol. The zero-order chi connectivity index (χ0) is 37.1. The molecule has 14 heteroatoms. The maximum absolute atomic E-state index is 14.4. The Kier molecular flexibility index (Phi) is 14.1. The highest BCUT2D eigenvalue weighted by Gasteiger charge is 2.32. The van der Waals surface area contributed by atoms with Gasteiger partial charge in [-0.15, -0.1) is 0 Å². The summed E-state index contributed by atoms with van der Waals surface area (Å²) >= 11 is 0. The van der Waals surface area contributed by atoms with Gasteiger partial charge in [0.1, 0.15) is 17.2 Å². The molecule has 3 aromatic rings. The maximum Gasteiger partial charge on any atom is 0.323 e. The number of benzene rings is 3. The molecule has 0 radical (unpaired) electrons. The number of nitrogens with zero attached hydrogens (tertiary/aromatic N) is 2. The highest BCUT2D eigenvalue weighted by molar-refractivity contribution is 7.89. The molecule has 278 valence electrons. The minimum atomic E-state index is -3.86. The normalized spacial score (nSPS) is 19.6. The van der Waals surface area contributed by atoms with Gasteiger partial charge in [0.15, 0.2) is 0 Å². The van der Waals surface area contributed by atoms with Crippen LogP contribution >= 0.6 is 0 Å². The lowest BCUT2D eigenvalue weighted by Gasteiger charge is -2.35. The second-order valence-corrected chi connectivity index (χ2v) is 14.8. The second-order valence-electron chi connectivity index (χ2n) is 12.8. The van der Waals surface area contributed by atoms with Crippen LogP contribution in [0.15, 0.2) is 71.6 Å². The van der Waals surface area contributed by atoms with E-state index in [4.69, 9.17) is 18.9 Å². The third kappa shape index (κ3) is 10.6. The molecule has 1 aliphatic rings. The summed E-state index contributed by atoms with van der Waals surface area (Å²) in [7, 11) is 0.718. The monoisotopic (exact) mass is 726 g/mol. The fourth-order valence-corrected chi connectivity index (χ4v) is 6.89. The first kappa shape index (κ1) is 39.4. The van der Waals surface area contributed by atoms with Crippen molar-refractivity contribution >= 4 is 33.3 Å². The number of nitrogens with one attached hydrogen (secondary N) is 2. The molecule has 0 saturated carbocycles. The van der Waals surface area contributed by atoms with E-state index >= 15 is 0 Å². The van der Waals surface area contributed by atoms with E-state index in [9.17, 15) is 23.1 Å². The predicted octanol–water partition coefficient (Wildman–Crippen LogP) is 5.46. The molecular weight excluding hydrogens is 676 g/mol. The topological polar surface area (TPSA) is 156 Å². The Morgan fingerprint density at radius 2 is 1.59 bits per heavy atom. The number of sulfonamides is 1. The minimum Gasteiger partial charge on any atom is -0.497 e. The Hall–Kier alpha value is -4.37. The molecule has 13 nitrogen and oxygen atoms in total. The molecule has 0 unspecified atom stereocenters. The second kappa shape index (κ2) is 18.2. The van der Waals surface area contributed by atoms with Gasteiger partial charge >= 0.3 is 6.03 Å². The van der Waals surface area contributed by atoms with Crippen LogP contribution in [0.2, 0.25) is 0 Å². The molecule has 0 aliphatic carbocycles. The molecule has 1 heterocycles. The Balaban J connectivity index is 1.61. The zero-order valence-electron chi connectivity index (χ0n) is 30.1. The molecule has 4 rings (SSSR count). The number of likely N-dealkylation sites (N-methyl/N-ethyl adjacent to an activating group) is 1. The lowest BCUT2D eigenvalue weighted by Crippen LogP contribution is -2.48. The highest BCUT2D eigenvalue weighted by Crippen LogP contribution is 2.29. The number of amides is 3. The smallest absolute Gasteiger partial charge is 0.323 e. The Morgan fingerprint density at radius 3 is 2.22 bits per heavy atom. The highest BCUT2D eigenvalue weighted by atomic mass is 32.2. The molecule has 0 bridgehead atoms. The zero-order valence-corrected chi connectivity index (χ0v) is 30.9. The number of anilines is 2.